The molecule has 0 spiro atoms. The van der Waals surface area contributed by atoms with Crippen LogP contribution in [-0.4, -0.2) is 29.7 Å². The van der Waals surface area contributed by atoms with E-state index in [9.17, 15) is 13.6 Å². The third kappa shape index (κ3) is 4.54. The molecule has 116 valence electrons. The van der Waals surface area contributed by atoms with E-state index in [1.807, 2.05) is 0 Å². The van der Waals surface area contributed by atoms with Gasteiger partial charge < -0.3 is 14.8 Å². The SMILES string of the molecule is COc1cc(NC(=O)Nc2ccc(OC(F)F)cc2)ncn1. The van der Waals surface area contributed by atoms with E-state index in [1.54, 1.807) is 0 Å². The number of nitrogens with one attached hydrogen (secondary N) is 2. The van der Waals surface area contributed by atoms with E-state index >= 15 is 0 Å². The predicted molar refractivity (Wildman–Crippen MR) is 74.3 cm³/mol. The van der Waals surface area contributed by atoms with E-state index in [4.69, 9.17) is 4.74 Å². The summed E-state index contributed by atoms with van der Waals surface area (Å²) < 4.78 is 33.1. The number of anilines is 2. The number of benzene rings is 1. The molecule has 2 N–H and O–H groups in total. The Hall–Kier alpha value is -2.97. The number of rotatable bonds is 5. The van der Waals surface area contributed by atoms with Crippen LogP contribution in [0.4, 0.5) is 25.1 Å². The molecule has 9 heteroatoms. The molecule has 0 bridgehead atoms. The van der Waals surface area contributed by atoms with Gasteiger partial charge >= 0.3 is 12.6 Å². The summed E-state index contributed by atoms with van der Waals surface area (Å²) >= 11 is 0. The Kier molecular flexibility index (Phi) is 5.02. The van der Waals surface area contributed by atoms with Crippen LogP contribution in [0.2, 0.25) is 0 Å². The summed E-state index contributed by atoms with van der Waals surface area (Å²) in [6, 6.07) is 6.38. The highest BCUT2D eigenvalue weighted by Gasteiger charge is 2.07. The lowest BCUT2D eigenvalue weighted by Gasteiger charge is -2.08. The molecule has 0 saturated heterocycles. The normalized spacial score (nSPS) is 10.2. The van der Waals surface area contributed by atoms with Crippen molar-refractivity contribution in [3.05, 3.63) is 36.7 Å². The highest BCUT2D eigenvalue weighted by Crippen LogP contribution is 2.18. The van der Waals surface area contributed by atoms with Crippen molar-refractivity contribution in [1.29, 1.82) is 0 Å². The van der Waals surface area contributed by atoms with Crippen molar-refractivity contribution in [3.8, 4) is 11.6 Å². The number of alkyl halides is 2. The number of urea groups is 1. The average molecular weight is 310 g/mol. The second kappa shape index (κ2) is 7.16. The molecular weight excluding hydrogens is 298 g/mol. The lowest BCUT2D eigenvalue weighted by atomic mass is 10.3. The van der Waals surface area contributed by atoms with Gasteiger partial charge in [-0.15, -0.1) is 0 Å². The molecule has 0 aliphatic carbocycles. The number of nitrogens with zero attached hydrogens (tertiary/aromatic N) is 2. The van der Waals surface area contributed by atoms with E-state index in [0.717, 1.165) is 0 Å². The number of halogens is 2. The monoisotopic (exact) mass is 310 g/mol. The molecule has 0 atom stereocenters. The number of carbonyl (C=O) groups is 1. The smallest absolute Gasteiger partial charge is 0.387 e. The minimum Gasteiger partial charge on any atom is -0.481 e. The van der Waals surface area contributed by atoms with Crippen molar-refractivity contribution >= 4 is 17.5 Å². The average Bonchev–Trinajstić information content (AvgIpc) is 2.49. The minimum absolute atomic E-state index is 0.00138. The van der Waals surface area contributed by atoms with E-state index < -0.39 is 12.6 Å². The number of methoxy groups -OCH3 is 1. The Morgan fingerprint density at radius 2 is 1.91 bits per heavy atom. The highest BCUT2D eigenvalue weighted by molar-refractivity contribution is 5.99. The molecule has 0 aliphatic heterocycles. The summed E-state index contributed by atoms with van der Waals surface area (Å²) in [4.78, 5) is 19.4. The van der Waals surface area contributed by atoms with Crippen LogP contribution >= 0.6 is 0 Å². The molecule has 1 aromatic heterocycles. The fourth-order valence-corrected chi connectivity index (χ4v) is 1.52. The zero-order valence-corrected chi connectivity index (χ0v) is 11.4. The second-order valence-electron chi connectivity index (χ2n) is 3.93. The molecule has 2 amide bonds. The first-order chi connectivity index (χ1) is 10.6. The Labute approximate surface area is 124 Å². The number of hydrogen-bond acceptors (Lipinski definition) is 5. The van der Waals surface area contributed by atoms with Gasteiger partial charge in [-0.1, -0.05) is 0 Å². The lowest BCUT2D eigenvalue weighted by Crippen LogP contribution is -2.20. The summed E-state index contributed by atoms with van der Waals surface area (Å²) in [7, 11) is 1.44. The zero-order chi connectivity index (χ0) is 15.9. The van der Waals surface area contributed by atoms with Gasteiger partial charge in [0.15, 0.2) is 0 Å². The summed E-state index contributed by atoms with van der Waals surface area (Å²) in [6.07, 6.45) is 1.24. The number of aromatic nitrogens is 2. The Balaban J connectivity index is 1.93. The molecular formula is C13H12F2N4O3. The molecule has 7 nitrogen and oxygen atoms in total. The van der Waals surface area contributed by atoms with Crippen molar-refractivity contribution in [2.24, 2.45) is 0 Å². The number of ether oxygens (including phenoxy) is 2. The zero-order valence-electron chi connectivity index (χ0n) is 11.4. The van der Waals surface area contributed by atoms with Crippen molar-refractivity contribution in [3.63, 3.8) is 0 Å². The summed E-state index contributed by atoms with van der Waals surface area (Å²) in [6.45, 7) is -2.89. The lowest BCUT2D eigenvalue weighted by molar-refractivity contribution is -0.0498. The number of carbonyl (C=O) groups excluding carboxylic acids is 1. The molecule has 0 radical (unpaired) electrons. The van der Waals surface area contributed by atoms with Crippen LogP contribution in [0.1, 0.15) is 0 Å². The summed E-state index contributed by atoms with van der Waals surface area (Å²) in [5, 5.41) is 4.99. The molecule has 0 fully saturated rings. The van der Waals surface area contributed by atoms with Gasteiger partial charge in [-0.3, -0.25) is 5.32 Å². The standard InChI is InChI=1S/C13H12F2N4O3/c1-21-11-6-10(16-7-17-11)19-13(20)18-8-2-4-9(5-3-8)22-12(14)15/h2-7,12H,1H3,(H2,16,17,18,19,20). The molecule has 2 aromatic rings. The van der Waals surface area contributed by atoms with Crippen molar-refractivity contribution in [1.82, 2.24) is 9.97 Å². The predicted octanol–water partition coefficient (Wildman–Crippen LogP) is 2.73. The van der Waals surface area contributed by atoms with Gasteiger partial charge in [0.05, 0.1) is 7.11 Å². The molecule has 0 unspecified atom stereocenters. The van der Waals surface area contributed by atoms with Crippen LogP contribution in [-0.2, 0) is 0 Å². The Bertz CT molecular complexity index is 637. The fraction of sp³-hybridized carbons (Fsp3) is 0.154. The quantitative estimate of drug-likeness (QED) is 0.887. The van der Waals surface area contributed by atoms with Crippen LogP contribution in [0.25, 0.3) is 0 Å². The van der Waals surface area contributed by atoms with Crippen LogP contribution in [0, 0.1) is 0 Å². The highest BCUT2D eigenvalue weighted by atomic mass is 19.3. The van der Waals surface area contributed by atoms with E-state index in [-0.39, 0.29) is 11.6 Å². The van der Waals surface area contributed by atoms with Gasteiger partial charge in [-0.25, -0.2) is 14.8 Å². The van der Waals surface area contributed by atoms with Crippen LogP contribution in [0.3, 0.4) is 0 Å². The third-order valence-corrected chi connectivity index (χ3v) is 2.43. The van der Waals surface area contributed by atoms with Crippen LogP contribution in [0.5, 0.6) is 11.6 Å². The Morgan fingerprint density at radius 3 is 2.55 bits per heavy atom. The van der Waals surface area contributed by atoms with E-state index in [2.05, 4.69) is 25.3 Å². The molecule has 2 rings (SSSR count). The summed E-state index contributed by atoms with van der Waals surface area (Å²) in [5.41, 5.74) is 0.403. The second-order valence-corrected chi connectivity index (χ2v) is 3.93. The fourth-order valence-electron chi connectivity index (χ4n) is 1.52. The van der Waals surface area contributed by atoms with Crippen LogP contribution in [0.15, 0.2) is 36.7 Å². The maximum Gasteiger partial charge on any atom is 0.387 e. The van der Waals surface area contributed by atoms with Gasteiger partial charge in [0, 0.05) is 11.8 Å². The number of hydrogen-bond donors (Lipinski definition) is 2. The van der Waals surface area contributed by atoms with Gasteiger partial charge in [-0.2, -0.15) is 8.78 Å². The Morgan fingerprint density at radius 1 is 1.18 bits per heavy atom. The maximum absolute atomic E-state index is 12.0. The van der Waals surface area contributed by atoms with E-state index in [1.165, 1.54) is 43.8 Å². The topological polar surface area (TPSA) is 85.4 Å². The van der Waals surface area contributed by atoms with Gasteiger partial charge in [0.1, 0.15) is 17.9 Å². The van der Waals surface area contributed by atoms with Crippen LogP contribution < -0.4 is 20.1 Å². The van der Waals surface area contributed by atoms with E-state index in [0.29, 0.717) is 11.6 Å². The molecule has 0 saturated carbocycles. The summed E-state index contributed by atoms with van der Waals surface area (Å²) in [5.74, 6) is 0.558. The van der Waals surface area contributed by atoms with Crippen molar-refractivity contribution in [2.75, 3.05) is 17.7 Å². The van der Waals surface area contributed by atoms with Crippen molar-refractivity contribution < 1.29 is 23.0 Å². The number of amides is 2. The molecule has 1 aromatic carbocycles. The van der Waals surface area contributed by atoms with Gasteiger partial charge in [0.2, 0.25) is 5.88 Å². The third-order valence-electron chi connectivity index (χ3n) is 2.43. The first-order valence-corrected chi connectivity index (χ1v) is 6.06. The maximum atomic E-state index is 12.0. The first-order valence-electron chi connectivity index (χ1n) is 6.06. The first kappa shape index (κ1) is 15.4. The van der Waals surface area contributed by atoms with Gasteiger partial charge in [-0.05, 0) is 24.3 Å². The molecule has 22 heavy (non-hydrogen) atoms. The largest absolute Gasteiger partial charge is 0.481 e. The minimum atomic E-state index is -2.89. The van der Waals surface area contributed by atoms with Crippen molar-refractivity contribution in [2.45, 2.75) is 6.61 Å². The molecule has 1 heterocycles. The molecule has 0 aliphatic rings. The van der Waals surface area contributed by atoms with Gasteiger partial charge in [0.25, 0.3) is 0 Å².